The van der Waals surface area contributed by atoms with Gasteiger partial charge in [0, 0.05) is 0 Å². The number of aliphatic hydroxyl groups excluding tert-OH is 2. The summed E-state index contributed by atoms with van der Waals surface area (Å²) in [5, 5.41) is 17.5. The third-order valence-corrected chi connectivity index (χ3v) is 1.80. The molecule has 60 valence electrons. The number of rotatable bonds is 0. The zero-order chi connectivity index (χ0) is 7.72. The van der Waals surface area contributed by atoms with Gasteiger partial charge in [-0.25, -0.2) is 8.78 Å². The van der Waals surface area contributed by atoms with E-state index in [1.54, 1.807) is 0 Å². The molecule has 0 aromatic heterocycles. The fourth-order valence-corrected chi connectivity index (χ4v) is 1.08. The number of alkyl halides is 2. The summed E-state index contributed by atoms with van der Waals surface area (Å²) in [5.74, 6) is 0. The van der Waals surface area contributed by atoms with Crippen LogP contribution in [0, 0.1) is 0 Å². The maximum atomic E-state index is 12.4. The first-order chi connectivity index (χ1) is 4.63. The molecule has 0 bridgehead atoms. The first-order valence-corrected chi connectivity index (χ1v) is 3.27. The molecule has 0 saturated heterocycles. The number of halogens is 2. The summed E-state index contributed by atoms with van der Waals surface area (Å²) in [6, 6.07) is 0. The molecule has 0 aromatic rings. The van der Waals surface area contributed by atoms with Crippen molar-refractivity contribution in [3.8, 4) is 0 Å². The second-order valence-electron chi connectivity index (χ2n) is 2.60. The van der Waals surface area contributed by atoms with Crippen molar-refractivity contribution >= 4 is 0 Å². The van der Waals surface area contributed by atoms with Gasteiger partial charge in [0.25, 0.3) is 0 Å². The van der Waals surface area contributed by atoms with Crippen LogP contribution in [0.2, 0.25) is 0 Å². The maximum absolute atomic E-state index is 12.4. The molecule has 2 N–H and O–H groups in total. The van der Waals surface area contributed by atoms with Crippen molar-refractivity contribution in [1.29, 1.82) is 0 Å². The van der Waals surface area contributed by atoms with Crippen LogP contribution < -0.4 is 0 Å². The minimum Gasteiger partial charge on any atom is -0.390 e. The minimum atomic E-state index is -1.91. The Kier molecular flexibility index (Phi) is 2.21. The highest BCUT2D eigenvalue weighted by molar-refractivity contribution is 4.87. The molecular weight excluding hydrogens is 142 g/mol. The van der Waals surface area contributed by atoms with Crippen molar-refractivity contribution in [2.75, 3.05) is 0 Å². The number of hydrogen-bond donors (Lipinski definition) is 2. The molecule has 1 saturated carbocycles. The molecule has 0 aliphatic heterocycles. The molecule has 0 spiro atoms. The minimum absolute atomic E-state index is 0.142. The summed E-state index contributed by atoms with van der Waals surface area (Å²) >= 11 is 0. The topological polar surface area (TPSA) is 40.5 Å². The van der Waals surface area contributed by atoms with Crippen LogP contribution in [0.5, 0.6) is 0 Å². The Morgan fingerprint density at radius 1 is 0.900 bits per heavy atom. The first kappa shape index (κ1) is 7.88. The van der Waals surface area contributed by atoms with Gasteiger partial charge in [0.1, 0.15) is 0 Å². The van der Waals surface area contributed by atoms with Crippen LogP contribution in [-0.4, -0.2) is 34.8 Å². The van der Waals surface area contributed by atoms with E-state index in [0.717, 1.165) is 0 Å². The fourth-order valence-electron chi connectivity index (χ4n) is 1.08. The molecule has 10 heavy (non-hydrogen) atoms. The summed E-state index contributed by atoms with van der Waals surface area (Å²) in [4.78, 5) is 0. The Hall–Kier alpha value is -0.220. The van der Waals surface area contributed by atoms with Crippen LogP contribution in [0.4, 0.5) is 8.78 Å². The van der Waals surface area contributed by atoms with Crippen molar-refractivity contribution in [2.45, 2.75) is 37.4 Å². The molecule has 0 amide bonds. The lowest BCUT2D eigenvalue weighted by molar-refractivity contribution is -0.0699. The third kappa shape index (κ3) is 1.27. The molecule has 4 heteroatoms. The standard InChI is InChI=1S/C6H10F2O2/c7-5-3(9)1-2-4(10)6(5)8/h3-6,9-10H,1-2H2. The lowest BCUT2D eigenvalue weighted by Gasteiger charge is -2.28. The monoisotopic (exact) mass is 152 g/mol. The summed E-state index contributed by atoms with van der Waals surface area (Å²) < 4.78 is 24.9. The number of hydrogen-bond acceptors (Lipinski definition) is 2. The van der Waals surface area contributed by atoms with Gasteiger partial charge in [-0.3, -0.25) is 0 Å². The quantitative estimate of drug-likeness (QED) is 0.519. The van der Waals surface area contributed by atoms with Gasteiger partial charge in [0.15, 0.2) is 12.3 Å². The van der Waals surface area contributed by atoms with Gasteiger partial charge >= 0.3 is 0 Å². The molecule has 1 aliphatic carbocycles. The summed E-state index contributed by atoms with van der Waals surface area (Å²) in [6.07, 6.45) is -6.02. The molecule has 4 unspecified atom stereocenters. The Morgan fingerprint density at radius 3 is 1.50 bits per heavy atom. The molecule has 2 nitrogen and oxygen atoms in total. The first-order valence-electron chi connectivity index (χ1n) is 3.27. The van der Waals surface area contributed by atoms with E-state index >= 15 is 0 Å². The molecule has 1 fully saturated rings. The predicted molar refractivity (Wildman–Crippen MR) is 31.0 cm³/mol. The highest BCUT2D eigenvalue weighted by Gasteiger charge is 2.38. The van der Waals surface area contributed by atoms with Crippen molar-refractivity contribution in [2.24, 2.45) is 0 Å². The van der Waals surface area contributed by atoms with Crippen molar-refractivity contribution in [3.63, 3.8) is 0 Å². The van der Waals surface area contributed by atoms with E-state index in [0.29, 0.717) is 0 Å². The molecular formula is C6H10F2O2. The molecule has 0 heterocycles. The highest BCUT2D eigenvalue weighted by Crippen LogP contribution is 2.24. The summed E-state index contributed by atoms with van der Waals surface area (Å²) in [7, 11) is 0. The maximum Gasteiger partial charge on any atom is 0.159 e. The van der Waals surface area contributed by atoms with Crippen LogP contribution in [0.25, 0.3) is 0 Å². The van der Waals surface area contributed by atoms with E-state index in [1.165, 1.54) is 0 Å². The van der Waals surface area contributed by atoms with Crippen LogP contribution in [-0.2, 0) is 0 Å². The lowest BCUT2D eigenvalue weighted by atomic mass is 9.92. The van der Waals surface area contributed by atoms with Crippen LogP contribution in [0.1, 0.15) is 12.8 Å². The largest absolute Gasteiger partial charge is 0.390 e. The smallest absolute Gasteiger partial charge is 0.159 e. The third-order valence-electron chi connectivity index (χ3n) is 1.80. The van der Waals surface area contributed by atoms with Crippen molar-refractivity contribution < 1.29 is 19.0 Å². The molecule has 0 aromatic carbocycles. The van der Waals surface area contributed by atoms with Gasteiger partial charge in [0.2, 0.25) is 0 Å². The van der Waals surface area contributed by atoms with E-state index in [4.69, 9.17) is 10.2 Å². The van der Waals surface area contributed by atoms with Crippen molar-refractivity contribution in [1.82, 2.24) is 0 Å². The molecule has 1 aliphatic rings. The zero-order valence-electron chi connectivity index (χ0n) is 5.37. The lowest BCUT2D eigenvalue weighted by Crippen LogP contribution is -2.44. The van der Waals surface area contributed by atoms with E-state index in [9.17, 15) is 8.78 Å². The zero-order valence-corrected chi connectivity index (χ0v) is 5.37. The van der Waals surface area contributed by atoms with Crippen LogP contribution in [0.15, 0.2) is 0 Å². The van der Waals surface area contributed by atoms with Gasteiger partial charge in [0.05, 0.1) is 12.2 Å². The van der Waals surface area contributed by atoms with Gasteiger partial charge in [-0.15, -0.1) is 0 Å². The predicted octanol–water partition coefficient (Wildman–Crippen LogP) is 0.178. The van der Waals surface area contributed by atoms with Crippen LogP contribution in [0.3, 0.4) is 0 Å². The highest BCUT2D eigenvalue weighted by atomic mass is 19.2. The second-order valence-corrected chi connectivity index (χ2v) is 2.60. The SMILES string of the molecule is OC1CCC(O)C(F)C1F. The Labute approximate surface area is 57.5 Å². The average molecular weight is 152 g/mol. The van der Waals surface area contributed by atoms with Gasteiger partial charge in [-0.1, -0.05) is 0 Å². The Balaban J connectivity index is 2.52. The number of aliphatic hydroxyl groups is 2. The van der Waals surface area contributed by atoms with E-state index < -0.39 is 24.6 Å². The second kappa shape index (κ2) is 2.80. The summed E-state index contributed by atoms with van der Waals surface area (Å²) in [6.45, 7) is 0. The van der Waals surface area contributed by atoms with Crippen molar-refractivity contribution in [3.05, 3.63) is 0 Å². The summed E-state index contributed by atoms with van der Waals surface area (Å²) in [5.41, 5.74) is 0. The van der Waals surface area contributed by atoms with E-state index in [1.807, 2.05) is 0 Å². The molecule has 1 rings (SSSR count). The van der Waals surface area contributed by atoms with E-state index in [2.05, 4.69) is 0 Å². The fraction of sp³-hybridized carbons (Fsp3) is 1.00. The van der Waals surface area contributed by atoms with Crippen LogP contribution >= 0.6 is 0 Å². The average Bonchev–Trinajstić information content (AvgIpc) is 1.93. The van der Waals surface area contributed by atoms with E-state index in [-0.39, 0.29) is 12.8 Å². The Bertz CT molecular complexity index is 106. The molecule has 4 atom stereocenters. The molecule has 0 radical (unpaired) electrons. The van der Waals surface area contributed by atoms with Gasteiger partial charge in [-0.2, -0.15) is 0 Å². The van der Waals surface area contributed by atoms with Gasteiger partial charge in [-0.05, 0) is 12.8 Å². The Morgan fingerprint density at radius 2 is 1.20 bits per heavy atom. The normalized spacial score (nSPS) is 49.2. The van der Waals surface area contributed by atoms with Gasteiger partial charge < -0.3 is 10.2 Å².